The molecule has 3 unspecified atom stereocenters. The zero-order valence-corrected chi connectivity index (χ0v) is 17.9. The molecule has 0 spiro atoms. The van der Waals surface area contributed by atoms with Gasteiger partial charge in [0, 0.05) is 17.7 Å². The molecule has 1 aromatic rings. The number of amides is 2. The molecule has 3 aliphatic rings. The molecule has 1 heterocycles. The summed E-state index contributed by atoms with van der Waals surface area (Å²) in [7, 11) is 0. The molecule has 1 aliphatic heterocycles. The molecule has 0 radical (unpaired) electrons. The quantitative estimate of drug-likeness (QED) is 0.713. The predicted octanol–water partition coefficient (Wildman–Crippen LogP) is 5.56. The highest BCUT2D eigenvalue weighted by atomic mass is 16.2. The van der Waals surface area contributed by atoms with E-state index in [0.29, 0.717) is 12.0 Å². The molecular weight excluding hydrogens is 346 g/mol. The van der Waals surface area contributed by atoms with Crippen LogP contribution in [0.3, 0.4) is 0 Å². The molecule has 4 heteroatoms. The average molecular weight is 382 g/mol. The lowest BCUT2D eigenvalue weighted by atomic mass is 9.69. The van der Waals surface area contributed by atoms with Gasteiger partial charge in [0.1, 0.15) is 0 Å². The van der Waals surface area contributed by atoms with Crippen LogP contribution in [0.25, 0.3) is 0 Å². The minimum absolute atomic E-state index is 0.0120. The molecule has 1 N–H and O–H groups in total. The second kappa shape index (κ2) is 7.20. The lowest BCUT2D eigenvalue weighted by Crippen LogP contribution is -2.50. The first-order valence-electron chi connectivity index (χ1n) is 11.1. The Morgan fingerprint density at radius 3 is 2.61 bits per heavy atom. The molecule has 0 saturated heterocycles. The first kappa shape index (κ1) is 19.5. The van der Waals surface area contributed by atoms with E-state index in [1.807, 2.05) is 6.07 Å². The van der Waals surface area contributed by atoms with E-state index < -0.39 is 0 Å². The summed E-state index contributed by atoms with van der Waals surface area (Å²) < 4.78 is 0. The molecule has 152 valence electrons. The van der Waals surface area contributed by atoms with Crippen molar-refractivity contribution in [3.05, 3.63) is 35.9 Å². The minimum Gasteiger partial charge on any atom is -0.333 e. The Hall–Kier alpha value is -1.84. The van der Waals surface area contributed by atoms with Gasteiger partial charge in [0.2, 0.25) is 0 Å². The van der Waals surface area contributed by atoms with Crippen molar-refractivity contribution >= 4 is 11.7 Å². The van der Waals surface area contributed by atoms with Crippen LogP contribution >= 0.6 is 0 Å². The number of rotatable bonds is 5. The molecule has 1 aromatic carbocycles. The van der Waals surface area contributed by atoms with Gasteiger partial charge in [0.05, 0.1) is 6.54 Å². The molecule has 28 heavy (non-hydrogen) atoms. The number of carbonyl (C=O) groups is 1. The summed E-state index contributed by atoms with van der Waals surface area (Å²) in [5, 5.41) is 9.86. The number of nitrogens with one attached hydrogen (secondary N) is 1. The highest BCUT2D eigenvalue weighted by molar-refractivity contribution is 5.94. The third kappa shape index (κ3) is 3.05. The van der Waals surface area contributed by atoms with Gasteiger partial charge in [-0.1, -0.05) is 64.4 Å². The van der Waals surface area contributed by atoms with E-state index in [2.05, 4.69) is 57.3 Å². The maximum Gasteiger partial charge on any atom is 0.338 e. The lowest BCUT2D eigenvalue weighted by Gasteiger charge is -2.39. The SMILES string of the molecule is CCCCC1=NN(C(=O)N[C@H]2CC3CCC2(C)C3(C)C)CC1c1ccccc1. The third-order valence-corrected chi connectivity index (χ3v) is 8.32. The molecule has 2 aliphatic carbocycles. The van der Waals surface area contributed by atoms with E-state index in [-0.39, 0.29) is 23.4 Å². The van der Waals surface area contributed by atoms with Crippen molar-refractivity contribution in [1.82, 2.24) is 10.3 Å². The number of carbonyl (C=O) groups excluding carboxylic acids is 1. The Kier molecular flexibility index (Phi) is 5.01. The normalized spacial score (nSPS) is 33.2. The Labute approximate surface area is 169 Å². The van der Waals surface area contributed by atoms with Gasteiger partial charge in [-0.15, -0.1) is 0 Å². The lowest BCUT2D eigenvalue weighted by molar-refractivity contribution is 0.118. The maximum atomic E-state index is 13.1. The first-order valence-corrected chi connectivity index (χ1v) is 11.1. The van der Waals surface area contributed by atoms with Gasteiger partial charge in [0.15, 0.2) is 0 Å². The number of unbranched alkanes of at least 4 members (excludes halogenated alkanes) is 1. The van der Waals surface area contributed by atoms with Crippen LogP contribution in [-0.4, -0.2) is 29.3 Å². The number of hydrogen-bond donors (Lipinski definition) is 1. The monoisotopic (exact) mass is 381 g/mol. The number of fused-ring (bicyclic) bond motifs is 2. The fraction of sp³-hybridized carbons (Fsp3) is 0.667. The van der Waals surface area contributed by atoms with E-state index >= 15 is 0 Å². The topological polar surface area (TPSA) is 44.7 Å². The van der Waals surface area contributed by atoms with E-state index in [9.17, 15) is 4.79 Å². The second-order valence-corrected chi connectivity index (χ2v) is 9.85. The van der Waals surface area contributed by atoms with Gasteiger partial charge < -0.3 is 5.32 Å². The van der Waals surface area contributed by atoms with Gasteiger partial charge in [-0.3, -0.25) is 0 Å². The molecular formula is C24H35N3O. The Morgan fingerprint density at radius 1 is 1.25 bits per heavy atom. The molecule has 4 rings (SSSR count). The molecule has 4 atom stereocenters. The van der Waals surface area contributed by atoms with Gasteiger partial charge in [-0.2, -0.15) is 5.10 Å². The fourth-order valence-corrected chi connectivity index (χ4v) is 5.88. The second-order valence-electron chi connectivity index (χ2n) is 9.85. The van der Waals surface area contributed by atoms with Gasteiger partial charge in [-0.05, 0) is 54.4 Å². The van der Waals surface area contributed by atoms with Crippen LogP contribution in [0.4, 0.5) is 4.79 Å². The molecule has 2 amide bonds. The van der Waals surface area contributed by atoms with Crippen molar-refractivity contribution in [3.8, 4) is 0 Å². The summed E-state index contributed by atoms with van der Waals surface area (Å²) in [6.07, 6.45) is 6.85. The minimum atomic E-state index is -0.0120. The molecule has 0 aromatic heterocycles. The van der Waals surface area contributed by atoms with Crippen LogP contribution in [0, 0.1) is 16.7 Å². The zero-order chi connectivity index (χ0) is 19.9. The number of hydrogen-bond acceptors (Lipinski definition) is 2. The average Bonchev–Trinajstić information content (AvgIpc) is 3.27. The largest absolute Gasteiger partial charge is 0.338 e. The van der Waals surface area contributed by atoms with Crippen molar-refractivity contribution in [2.24, 2.45) is 21.8 Å². The number of benzene rings is 1. The highest BCUT2D eigenvalue weighted by Gasteiger charge is 2.61. The van der Waals surface area contributed by atoms with Crippen LogP contribution in [-0.2, 0) is 0 Å². The summed E-state index contributed by atoms with van der Waals surface area (Å²) >= 11 is 0. The van der Waals surface area contributed by atoms with Crippen LogP contribution in [0.5, 0.6) is 0 Å². The maximum absolute atomic E-state index is 13.1. The van der Waals surface area contributed by atoms with E-state index in [1.165, 1.54) is 18.4 Å². The standard InChI is InChI=1S/C24H35N3O/c1-5-6-12-20-19(17-10-8-7-9-11-17)16-27(26-20)22(28)25-21-15-18-13-14-24(21,4)23(18,2)3/h7-11,18-19,21H,5-6,12-16H2,1-4H3,(H,25,28)/t18?,19?,21-,24?/m0/s1. The number of nitrogens with zero attached hydrogens (tertiary/aromatic N) is 2. The predicted molar refractivity (Wildman–Crippen MR) is 114 cm³/mol. The fourth-order valence-electron chi connectivity index (χ4n) is 5.88. The van der Waals surface area contributed by atoms with Gasteiger partial charge >= 0.3 is 6.03 Å². The molecule has 2 bridgehead atoms. The van der Waals surface area contributed by atoms with Crippen molar-refractivity contribution < 1.29 is 4.79 Å². The summed E-state index contributed by atoms with van der Waals surface area (Å²) in [4.78, 5) is 13.1. The Bertz CT molecular complexity index is 756. The van der Waals surface area contributed by atoms with E-state index in [4.69, 9.17) is 5.10 Å². The van der Waals surface area contributed by atoms with E-state index in [1.54, 1.807) is 5.01 Å². The number of urea groups is 1. The first-order chi connectivity index (χ1) is 13.4. The van der Waals surface area contributed by atoms with E-state index in [0.717, 1.165) is 37.3 Å². The summed E-state index contributed by atoms with van der Waals surface area (Å²) in [5.74, 6) is 0.951. The third-order valence-electron chi connectivity index (χ3n) is 8.32. The number of hydrazone groups is 1. The highest BCUT2D eigenvalue weighted by Crippen LogP contribution is 2.65. The van der Waals surface area contributed by atoms with Crippen molar-refractivity contribution in [2.45, 2.75) is 78.2 Å². The Morgan fingerprint density at radius 2 is 2.00 bits per heavy atom. The molecule has 2 fully saturated rings. The molecule has 4 nitrogen and oxygen atoms in total. The van der Waals surface area contributed by atoms with Crippen molar-refractivity contribution in [1.29, 1.82) is 0 Å². The zero-order valence-electron chi connectivity index (χ0n) is 17.9. The van der Waals surface area contributed by atoms with Crippen LogP contribution in [0.1, 0.15) is 77.7 Å². The molecule has 2 saturated carbocycles. The van der Waals surface area contributed by atoms with Crippen molar-refractivity contribution in [2.75, 3.05) is 6.54 Å². The van der Waals surface area contributed by atoms with Crippen molar-refractivity contribution in [3.63, 3.8) is 0 Å². The van der Waals surface area contributed by atoms with Crippen LogP contribution in [0.15, 0.2) is 35.4 Å². The van der Waals surface area contributed by atoms with Gasteiger partial charge in [-0.25, -0.2) is 9.80 Å². The van der Waals surface area contributed by atoms with Crippen LogP contribution in [0.2, 0.25) is 0 Å². The van der Waals surface area contributed by atoms with Crippen LogP contribution < -0.4 is 5.32 Å². The smallest absolute Gasteiger partial charge is 0.333 e. The summed E-state index contributed by atoms with van der Waals surface area (Å²) in [5.41, 5.74) is 2.92. The van der Waals surface area contributed by atoms with Gasteiger partial charge in [0.25, 0.3) is 0 Å². The summed E-state index contributed by atoms with van der Waals surface area (Å²) in [6, 6.07) is 10.8. The summed E-state index contributed by atoms with van der Waals surface area (Å²) in [6.45, 7) is 10.0. The Balaban J connectivity index is 1.48.